The molecule has 2 aromatic carbocycles. The number of pyridine rings is 1. The monoisotopic (exact) mass is 376 g/mol. The van der Waals surface area contributed by atoms with E-state index in [-0.39, 0.29) is 18.6 Å². The largest absolute Gasteiger partial charge is 0.394 e. The fraction of sp³-hybridized carbons (Fsp3) is 0.304. The first-order valence-corrected chi connectivity index (χ1v) is 9.55. The van der Waals surface area contributed by atoms with Crippen LogP contribution in [0.5, 0.6) is 0 Å². The zero-order valence-electron chi connectivity index (χ0n) is 16.1. The minimum Gasteiger partial charge on any atom is -0.394 e. The van der Waals surface area contributed by atoms with E-state index < -0.39 is 6.10 Å². The van der Waals surface area contributed by atoms with Crippen LogP contribution in [0.2, 0.25) is 0 Å². The molecule has 0 bridgehead atoms. The highest BCUT2D eigenvalue weighted by Gasteiger charge is 2.37. The van der Waals surface area contributed by atoms with Gasteiger partial charge in [-0.2, -0.15) is 0 Å². The van der Waals surface area contributed by atoms with Crippen LogP contribution in [0.4, 0.5) is 0 Å². The Morgan fingerprint density at radius 3 is 2.71 bits per heavy atom. The molecule has 1 fully saturated rings. The molecule has 0 spiro atoms. The number of ether oxygens (including phenoxy) is 1. The summed E-state index contributed by atoms with van der Waals surface area (Å²) in [5.41, 5.74) is 4.32. The smallest absolute Gasteiger partial charge is 0.255 e. The van der Waals surface area contributed by atoms with Crippen LogP contribution in [0.15, 0.2) is 54.6 Å². The highest BCUT2D eigenvalue weighted by Crippen LogP contribution is 2.32. The lowest BCUT2D eigenvalue weighted by Crippen LogP contribution is -2.49. The van der Waals surface area contributed by atoms with Crippen molar-refractivity contribution in [3.63, 3.8) is 0 Å². The predicted molar refractivity (Wildman–Crippen MR) is 108 cm³/mol. The molecule has 0 aliphatic carbocycles. The number of aryl methyl sites for hydroxylation is 2. The number of morpholine rings is 1. The standard InChI is InChI=1S/C23H24N2O3/c1-15-7-6-10-18-19(13-16(2)24-21(15)18)23(27)25-11-12-28-20(14-26)22(25)17-8-4-3-5-9-17/h3-10,13,20,22,26H,11-12,14H2,1-2H3/t20-,22-/m1/s1. The normalized spacial score (nSPS) is 19.8. The molecular formula is C23H24N2O3. The van der Waals surface area contributed by atoms with Crippen molar-refractivity contribution in [1.82, 2.24) is 9.88 Å². The molecular weight excluding hydrogens is 352 g/mol. The first kappa shape index (κ1) is 18.6. The second-order valence-electron chi connectivity index (χ2n) is 7.23. The number of aliphatic hydroxyl groups is 1. The van der Waals surface area contributed by atoms with Gasteiger partial charge in [-0.1, -0.05) is 48.5 Å². The number of fused-ring (bicyclic) bond motifs is 1. The summed E-state index contributed by atoms with van der Waals surface area (Å²) < 4.78 is 5.78. The van der Waals surface area contributed by atoms with Gasteiger partial charge in [-0.05, 0) is 31.0 Å². The third-order valence-corrected chi connectivity index (χ3v) is 5.33. The molecule has 1 aromatic heterocycles. The lowest BCUT2D eigenvalue weighted by molar-refractivity contribution is -0.0811. The van der Waals surface area contributed by atoms with E-state index in [1.165, 1.54) is 0 Å². The van der Waals surface area contributed by atoms with Gasteiger partial charge >= 0.3 is 0 Å². The topological polar surface area (TPSA) is 62.7 Å². The number of carbonyl (C=O) groups excluding carboxylic acids is 1. The fourth-order valence-electron chi connectivity index (χ4n) is 4.01. The van der Waals surface area contributed by atoms with E-state index in [2.05, 4.69) is 4.98 Å². The zero-order valence-corrected chi connectivity index (χ0v) is 16.1. The summed E-state index contributed by atoms with van der Waals surface area (Å²) in [6, 6.07) is 17.2. The molecule has 4 rings (SSSR count). The highest BCUT2D eigenvalue weighted by molar-refractivity contribution is 6.07. The van der Waals surface area contributed by atoms with Crippen LogP contribution in [-0.4, -0.2) is 46.8 Å². The Morgan fingerprint density at radius 1 is 1.18 bits per heavy atom. The van der Waals surface area contributed by atoms with Gasteiger partial charge in [0.25, 0.3) is 5.91 Å². The number of rotatable bonds is 3. The van der Waals surface area contributed by atoms with Crippen molar-refractivity contribution in [3.05, 3.63) is 77.0 Å². The van der Waals surface area contributed by atoms with Crippen LogP contribution in [-0.2, 0) is 4.74 Å². The molecule has 0 radical (unpaired) electrons. The van der Waals surface area contributed by atoms with Crippen molar-refractivity contribution in [3.8, 4) is 0 Å². The maximum absolute atomic E-state index is 13.7. The minimum absolute atomic E-state index is 0.0586. The van der Waals surface area contributed by atoms with Gasteiger partial charge in [0.1, 0.15) is 6.10 Å². The average Bonchev–Trinajstić information content (AvgIpc) is 2.73. The molecule has 1 saturated heterocycles. The van der Waals surface area contributed by atoms with E-state index in [1.807, 2.05) is 73.3 Å². The van der Waals surface area contributed by atoms with Crippen LogP contribution >= 0.6 is 0 Å². The molecule has 0 saturated carbocycles. The molecule has 28 heavy (non-hydrogen) atoms. The van der Waals surface area contributed by atoms with Gasteiger partial charge in [-0.15, -0.1) is 0 Å². The molecule has 2 atom stereocenters. The van der Waals surface area contributed by atoms with Crippen molar-refractivity contribution in [2.45, 2.75) is 26.0 Å². The Balaban J connectivity index is 1.82. The Hall–Kier alpha value is -2.76. The summed E-state index contributed by atoms with van der Waals surface area (Å²) in [6.45, 7) is 4.66. The molecule has 0 unspecified atom stereocenters. The van der Waals surface area contributed by atoms with Gasteiger partial charge in [0.15, 0.2) is 0 Å². The summed E-state index contributed by atoms with van der Waals surface area (Å²) in [7, 11) is 0. The number of hydrogen-bond donors (Lipinski definition) is 1. The second-order valence-corrected chi connectivity index (χ2v) is 7.23. The van der Waals surface area contributed by atoms with Gasteiger partial charge in [0.2, 0.25) is 0 Å². The molecule has 5 heteroatoms. The van der Waals surface area contributed by atoms with E-state index in [1.54, 1.807) is 0 Å². The lowest BCUT2D eigenvalue weighted by atomic mass is 9.96. The minimum atomic E-state index is -0.448. The van der Waals surface area contributed by atoms with E-state index in [0.29, 0.717) is 18.7 Å². The first-order chi connectivity index (χ1) is 13.6. The molecule has 5 nitrogen and oxygen atoms in total. The van der Waals surface area contributed by atoms with Gasteiger partial charge in [0.05, 0.1) is 30.3 Å². The molecule has 144 valence electrons. The van der Waals surface area contributed by atoms with E-state index >= 15 is 0 Å². The van der Waals surface area contributed by atoms with Crippen molar-refractivity contribution >= 4 is 16.8 Å². The van der Waals surface area contributed by atoms with Crippen LogP contribution in [0, 0.1) is 13.8 Å². The SMILES string of the molecule is Cc1cc(C(=O)N2CCO[C@H](CO)[C@H]2c2ccccc2)c2cccc(C)c2n1. The molecule has 3 aromatic rings. The summed E-state index contributed by atoms with van der Waals surface area (Å²) in [6.07, 6.45) is -0.448. The van der Waals surface area contributed by atoms with Crippen molar-refractivity contribution < 1.29 is 14.6 Å². The lowest BCUT2D eigenvalue weighted by Gasteiger charge is -2.41. The molecule has 1 N–H and O–H groups in total. The first-order valence-electron chi connectivity index (χ1n) is 9.55. The average molecular weight is 376 g/mol. The number of carbonyl (C=O) groups is 1. The van der Waals surface area contributed by atoms with Gasteiger partial charge in [0, 0.05) is 17.6 Å². The molecule has 1 amide bonds. The number of amides is 1. The van der Waals surface area contributed by atoms with Crippen LogP contribution in [0.1, 0.15) is 33.2 Å². The molecule has 2 heterocycles. The number of aromatic nitrogens is 1. The maximum Gasteiger partial charge on any atom is 0.255 e. The van der Waals surface area contributed by atoms with E-state index in [9.17, 15) is 9.90 Å². The van der Waals surface area contributed by atoms with Gasteiger partial charge in [-0.25, -0.2) is 0 Å². The number of hydrogen-bond acceptors (Lipinski definition) is 4. The number of para-hydroxylation sites is 1. The Kier molecular flexibility index (Phi) is 5.11. The Bertz CT molecular complexity index is 1000. The van der Waals surface area contributed by atoms with Gasteiger partial charge < -0.3 is 14.7 Å². The second kappa shape index (κ2) is 7.70. The zero-order chi connectivity index (χ0) is 19.7. The quantitative estimate of drug-likeness (QED) is 0.761. The summed E-state index contributed by atoms with van der Waals surface area (Å²) in [5, 5.41) is 10.7. The van der Waals surface area contributed by atoms with E-state index in [0.717, 1.165) is 27.7 Å². The van der Waals surface area contributed by atoms with Crippen LogP contribution in [0.3, 0.4) is 0 Å². The van der Waals surface area contributed by atoms with Crippen molar-refractivity contribution in [1.29, 1.82) is 0 Å². The van der Waals surface area contributed by atoms with E-state index in [4.69, 9.17) is 4.74 Å². The maximum atomic E-state index is 13.7. The van der Waals surface area contributed by atoms with Crippen molar-refractivity contribution in [2.75, 3.05) is 19.8 Å². The third-order valence-electron chi connectivity index (χ3n) is 5.33. The number of nitrogens with zero attached hydrogens (tertiary/aromatic N) is 2. The van der Waals surface area contributed by atoms with Crippen LogP contribution < -0.4 is 0 Å². The highest BCUT2D eigenvalue weighted by atomic mass is 16.5. The third kappa shape index (κ3) is 3.28. The summed E-state index contributed by atoms with van der Waals surface area (Å²) in [4.78, 5) is 20.1. The predicted octanol–water partition coefficient (Wildman–Crippen LogP) is 3.43. The summed E-state index contributed by atoms with van der Waals surface area (Å²) in [5.74, 6) is -0.0586. The Morgan fingerprint density at radius 2 is 1.96 bits per heavy atom. The van der Waals surface area contributed by atoms with Gasteiger partial charge in [-0.3, -0.25) is 9.78 Å². The summed E-state index contributed by atoms with van der Waals surface area (Å²) >= 11 is 0. The van der Waals surface area contributed by atoms with Crippen molar-refractivity contribution in [2.24, 2.45) is 0 Å². The van der Waals surface area contributed by atoms with Crippen LogP contribution in [0.25, 0.3) is 10.9 Å². The Labute approximate surface area is 164 Å². The number of benzene rings is 2. The number of aliphatic hydroxyl groups excluding tert-OH is 1. The fourth-order valence-corrected chi connectivity index (χ4v) is 4.01. The molecule has 1 aliphatic heterocycles. The molecule has 1 aliphatic rings.